The standard InChI is InChI=1S/C31H53NO9/c1-27(2,3)40-23(33)22(24(34)41-28(4,5)6)16-20-17-31(25(35)37-11,26(36)38-12)18-21(20)19-39-32-29(7,8)14-13-15-30(32,9)10/h20-22H,13-19H2,1-12H3. The van der Waals surface area contributed by atoms with E-state index in [-0.39, 0.29) is 42.9 Å². The second-order valence-corrected chi connectivity index (χ2v) is 14.9. The molecule has 2 aliphatic rings. The highest BCUT2D eigenvalue weighted by atomic mass is 16.7. The lowest BCUT2D eigenvalue weighted by molar-refractivity contribution is -0.287. The monoisotopic (exact) mass is 583 g/mol. The number of esters is 4. The Kier molecular flexibility index (Phi) is 10.7. The van der Waals surface area contributed by atoms with Gasteiger partial charge in [0.1, 0.15) is 11.2 Å². The SMILES string of the molecule is COC(=O)C1(C(=O)OC)CC(CON2C(C)(C)CCCC2(C)C)C(CC(C(=O)OC(C)(C)C)C(=O)OC(C)(C)C)C1. The number of nitrogens with zero attached hydrogens (tertiary/aromatic N) is 1. The van der Waals surface area contributed by atoms with Crippen molar-refractivity contribution in [2.45, 2.75) is 130 Å². The first-order valence-electron chi connectivity index (χ1n) is 14.6. The Morgan fingerprint density at radius 2 is 1.17 bits per heavy atom. The smallest absolute Gasteiger partial charge is 0.323 e. The second kappa shape index (κ2) is 12.6. The molecule has 0 aromatic heterocycles. The highest BCUT2D eigenvalue weighted by molar-refractivity contribution is 6.00. The minimum Gasteiger partial charge on any atom is -0.468 e. The maximum atomic E-state index is 13.4. The Hall–Kier alpha value is -2.20. The van der Waals surface area contributed by atoms with Gasteiger partial charge in [0.15, 0.2) is 11.3 Å². The summed E-state index contributed by atoms with van der Waals surface area (Å²) in [4.78, 5) is 59.4. The Bertz CT molecular complexity index is 913. The Morgan fingerprint density at radius 3 is 1.56 bits per heavy atom. The number of hydroxylamine groups is 2. The maximum absolute atomic E-state index is 13.4. The van der Waals surface area contributed by atoms with E-state index in [4.69, 9.17) is 23.8 Å². The third-order valence-corrected chi connectivity index (χ3v) is 8.06. The summed E-state index contributed by atoms with van der Waals surface area (Å²) in [6, 6.07) is 0. The Balaban J connectivity index is 2.49. The van der Waals surface area contributed by atoms with Crippen LogP contribution in [0.15, 0.2) is 0 Å². The summed E-state index contributed by atoms with van der Waals surface area (Å²) >= 11 is 0. The highest BCUT2D eigenvalue weighted by Crippen LogP contribution is 2.51. The fourth-order valence-corrected chi connectivity index (χ4v) is 6.42. The van der Waals surface area contributed by atoms with Crippen molar-refractivity contribution in [2.75, 3.05) is 20.8 Å². The number of rotatable bonds is 9. The number of hydrogen-bond acceptors (Lipinski definition) is 10. The normalized spacial score (nSPS) is 24.0. The molecule has 2 fully saturated rings. The van der Waals surface area contributed by atoms with E-state index < -0.39 is 52.3 Å². The van der Waals surface area contributed by atoms with E-state index in [1.165, 1.54) is 14.2 Å². The highest BCUT2D eigenvalue weighted by Gasteiger charge is 2.58. The zero-order chi connectivity index (χ0) is 31.6. The number of methoxy groups -OCH3 is 2. The molecule has 0 aromatic carbocycles. The summed E-state index contributed by atoms with van der Waals surface area (Å²) in [5.74, 6) is -4.90. The average molecular weight is 584 g/mol. The molecule has 0 amide bonds. The Morgan fingerprint density at radius 1 is 0.756 bits per heavy atom. The van der Waals surface area contributed by atoms with Gasteiger partial charge >= 0.3 is 23.9 Å². The van der Waals surface area contributed by atoms with Crippen LogP contribution >= 0.6 is 0 Å². The summed E-state index contributed by atoms with van der Waals surface area (Å²) in [6.45, 7) is 19.1. The van der Waals surface area contributed by atoms with Gasteiger partial charge in [-0.2, -0.15) is 5.06 Å². The van der Waals surface area contributed by atoms with Crippen LogP contribution < -0.4 is 0 Å². The molecule has 2 atom stereocenters. The molecule has 1 saturated heterocycles. The minimum absolute atomic E-state index is 0.0143. The van der Waals surface area contributed by atoms with Crippen LogP contribution in [0.3, 0.4) is 0 Å². The molecule has 2 rings (SSSR count). The van der Waals surface area contributed by atoms with E-state index in [9.17, 15) is 19.2 Å². The molecule has 41 heavy (non-hydrogen) atoms. The van der Waals surface area contributed by atoms with Crippen molar-refractivity contribution in [1.82, 2.24) is 5.06 Å². The van der Waals surface area contributed by atoms with Crippen LogP contribution in [0.2, 0.25) is 0 Å². The number of ether oxygens (including phenoxy) is 4. The minimum atomic E-state index is -1.58. The fraction of sp³-hybridized carbons (Fsp3) is 0.871. The third-order valence-electron chi connectivity index (χ3n) is 8.06. The predicted octanol–water partition coefficient (Wildman–Crippen LogP) is 5.01. The molecular formula is C31H53NO9. The largest absolute Gasteiger partial charge is 0.468 e. The molecule has 1 aliphatic carbocycles. The molecule has 0 radical (unpaired) electrons. The molecule has 10 nitrogen and oxygen atoms in total. The zero-order valence-electron chi connectivity index (χ0n) is 27.3. The topological polar surface area (TPSA) is 118 Å². The van der Waals surface area contributed by atoms with E-state index in [0.717, 1.165) is 19.3 Å². The Labute approximate surface area is 246 Å². The quantitative estimate of drug-likeness (QED) is 0.208. The molecule has 10 heteroatoms. The van der Waals surface area contributed by atoms with Gasteiger partial charge in [0.05, 0.1) is 20.8 Å². The summed E-state index contributed by atoms with van der Waals surface area (Å²) in [5, 5.41) is 2.02. The van der Waals surface area contributed by atoms with Crippen molar-refractivity contribution in [3.63, 3.8) is 0 Å². The van der Waals surface area contributed by atoms with Crippen LogP contribution in [0.25, 0.3) is 0 Å². The summed E-state index contributed by atoms with van der Waals surface area (Å²) in [6.07, 6.45) is 3.14. The van der Waals surface area contributed by atoms with Crippen LogP contribution in [0.5, 0.6) is 0 Å². The van der Waals surface area contributed by atoms with Crippen LogP contribution in [0.4, 0.5) is 0 Å². The lowest BCUT2D eigenvalue weighted by atomic mass is 9.82. The van der Waals surface area contributed by atoms with E-state index in [2.05, 4.69) is 27.7 Å². The van der Waals surface area contributed by atoms with Crippen molar-refractivity contribution in [3.8, 4) is 0 Å². The fourth-order valence-electron chi connectivity index (χ4n) is 6.42. The van der Waals surface area contributed by atoms with Gasteiger partial charge in [-0.25, -0.2) is 0 Å². The van der Waals surface area contributed by atoms with E-state index in [0.29, 0.717) is 0 Å². The number of carbonyl (C=O) groups is 4. The first kappa shape index (κ1) is 35.0. The average Bonchev–Trinajstić information content (AvgIpc) is 3.17. The van der Waals surface area contributed by atoms with Crippen molar-refractivity contribution in [1.29, 1.82) is 0 Å². The van der Waals surface area contributed by atoms with Gasteiger partial charge in [0.25, 0.3) is 0 Å². The van der Waals surface area contributed by atoms with Gasteiger partial charge in [-0.1, -0.05) is 0 Å². The molecule has 2 unspecified atom stereocenters. The molecular weight excluding hydrogens is 530 g/mol. The van der Waals surface area contributed by atoms with Crippen molar-refractivity contribution >= 4 is 23.9 Å². The van der Waals surface area contributed by atoms with E-state index in [1.807, 2.05) is 5.06 Å². The van der Waals surface area contributed by atoms with E-state index >= 15 is 0 Å². The van der Waals surface area contributed by atoms with Gasteiger partial charge in [-0.15, -0.1) is 0 Å². The van der Waals surface area contributed by atoms with Gasteiger partial charge in [0.2, 0.25) is 0 Å². The zero-order valence-corrected chi connectivity index (χ0v) is 27.3. The predicted molar refractivity (Wildman–Crippen MR) is 152 cm³/mol. The van der Waals surface area contributed by atoms with Gasteiger partial charge < -0.3 is 18.9 Å². The van der Waals surface area contributed by atoms with Gasteiger partial charge in [-0.3, -0.25) is 24.0 Å². The molecule has 0 spiro atoms. The summed E-state index contributed by atoms with van der Waals surface area (Å²) in [7, 11) is 2.46. The van der Waals surface area contributed by atoms with Crippen molar-refractivity contribution in [3.05, 3.63) is 0 Å². The van der Waals surface area contributed by atoms with Gasteiger partial charge in [0, 0.05) is 11.1 Å². The molecule has 1 aliphatic heterocycles. The maximum Gasteiger partial charge on any atom is 0.323 e. The number of hydrogen-bond donors (Lipinski definition) is 0. The summed E-state index contributed by atoms with van der Waals surface area (Å²) in [5.41, 5.74) is -3.70. The van der Waals surface area contributed by atoms with Crippen LogP contribution in [0.1, 0.15) is 108 Å². The van der Waals surface area contributed by atoms with Crippen molar-refractivity contribution in [2.24, 2.45) is 23.2 Å². The lowest BCUT2D eigenvalue weighted by Gasteiger charge is -2.51. The van der Waals surface area contributed by atoms with Crippen LogP contribution in [-0.2, 0) is 43.0 Å². The molecule has 0 N–H and O–H groups in total. The molecule has 0 aromatic rings. The van der Waals surface area contributed by atoms with Crippen molar-refractivity contribution < 1.29 is 43.0 Å². The van der Waals surface area contributed by atoms with Gasteiger partial charge in [-0.05, 0) is 120 Å². The molecule has 1 heterocycles. The summed E-state index contributed by atoms with van der Waals surface area (Å²) < 4.78 is 21.4. The number of carbonyl (C=O) groups excluding carboxylic acids is 4. The van der Waals surface area contributed by atoms with Crippen LogP contribution in [-0.4, -0.2) is 72.0 Å². The van der Waals surface area contributed by atoms with Crippen LogP contribution in [0, 0.1) is 23.2 Å². The lowest BCUT2D eigenvalue weighted by Crippen LogP contribution is -2.58. The first-order valence-corrected chi connectivity index (χ1v) is 14.6. The molecule has 1 saturated carbocycles. The number of piperidine rings is 1. The molecule has 236 valence electrons. The molecule has 0 bridgehead atoms. The van der Waals surface area contributed by atoms with E-state index in [1.54, 1.807) is 41.5 Å². The second-order valence-electron chi connectivity index (χ2n) is 14.9. The first-order chi connectivity index (χ1) is 18.6. The third kappa shape index (κ3) is 8.66.